The van der Waals surface area contributed by atoms with Crippen LogP contribution in [0, 0.1) is 10.1 Å². The van der Waals surface area contributed by atoms with Crippen LogP contribution >= 0.6 is 0 Å². The monoisotopic (exact) mass is 234 g/mol. The lowest BCUT2D eigenvalue weighted by molar-refractivity contribution is -0.385. The van der Waals surface area contributed by atoms with Crippen molar-refractivity contribution in [3.63, 3.8) is 0 Å². The zero-order chi connectivity index (χ0) is 12.1. The topological polar surface area (TPSA) is 83.1 Å². The van der Waals surface area contributed by atoms with Crippen LogP contribution in [0.4, 0.5) is 5.69 Å². The van der Waals surface area contributed by atoms with E-state index < -0.39 is 4.92 Å². The molecule has 0 N–H and O–H groups in total. The number of benzene rings is 1. The fourth-order valence-corrected chi connectivity index (χ4v) is 1.33. The standard InChI is InChI=1S/C10H10N4O3/c15-14(16)9-3-1-2-4-10(9)17-8-7-13-6-5-11-12-13/h1-6H,7-8H2. The summed E-state index contributed by atoms with van der Waals surface area (Å²) < 4.78 is 6.93. The van der Waals surface area contributed by atoms with Crippen LogP contribution in [0.2, 0.25) is 0 Å². The average molecular weight is 234 g/mol. The van der Waals surface area contributed by atoms with Crippen molar-refractivity contribution in [1.82, 2.24) is 15.0 Å². The van der Waals surface area contributed by atoms with E-state index >= 15 is 0 Å². The molecule has 0 aliphatic rings. The van der Waals surface area contributed by atoms with Crippen LogP contribution in [0.25, 0.3) is 0 Å². The Hall–Kier alpha value is -2.44. The van der Waals surface area contributed by atoms with E-state index in [2.05, 4.69) is 10.3 Å². The zero-order valence-corrected chi connectivity index (χ0v) is 8.89. The van der Waals surface area contributed by atoms with Crippen LogP contribution < -0.4 is 4.74 Å². The number of para-hydroxylation sites is 2. The van der Waals surface area contributed by atoms with Crippen molar-refractivity contribution in [2.75, 3.05) is 6.61 Å². The second-order valence-corrected chi connectivity index (χ2v) is 3.24. The average Bonchev–Trinajstić information content (AvgIpc) is 2.82. The van der Waals surface area contributed by atoms with Crippen molar-refractivity contribution in [3.8, 4) is 5.75 Å². The van der Waals surface area contributed by atoms with Crippen molar-refractivity contribution in [2.24, 2.45) is 0 Å². The van der Waals surface area contributed by atoms with Gasteiger partial charge in [-0.2, -0.15) is 0 Å². The molecular weight excluding hydrogens is 224 g/mol. The third-order valence-electron chi connectivity index (χ3n) is 2.11. The molecule has 0 fully saturated rings. The number of nitrogens with zero attached hydrogens (tertiary/aromatic N) is 4. The molecule has 0 aliphatic carbocycles. The number of hydrogen-bond acceptors (Lipinski definition) is 5. The molecule has 7 heteroatoms. The van der Waals surface area contributed by atoms with Gasteiger partial charge in [-0.25, -0.2) is 4.68 Å². The summed E-state index contributed by atoms with van der Waals surface area (Å²) in [5, 5.41) is 18.1. The Labute approximate surface area is 96.8 Å². The maximum Gasteiger partial charge on any atom is 0.310 e. The van der Waals surface area contributed by atoms with Gasteiger partial charge in [0.25, 0.3) is 0 Å². The van der Waals surface area contributed by atoms with Gasteiger partial charge >= 0.3 is 5.69 Å². The largest absolute Gasteiger partial charge is 0.485 e. The second-order valence-electron chi connectivity index (χ2n) is 3.24. The van der Waals surface area contributed by atoms with Gasteiger partial charge < -0.3 is 4.74 Å². The third kappa shape index (κ3) is 2.77. The van der Waals surface area contributed by atoms with Gasteiger partial charge in [0.1, 0.15) is 6.61 Å². The van der Waals surface area contributed by atoms with Crippen LogP contribution in [-0.4, -0.2) is 26.5 Å². The van der Waals surface area contributed by atoms with Gasteiger partial charge in [-0.05, 0) is 6.07 Å². The smallest absolute Gasteiger partial charge is 0.310 e. The van der Waals surface area contributed by atoms with Crippen LogP contribution in [-0.2, 0) is 6.54 Å². The van der Waals surface area contributed by atoms with Gasteiger partial charge in [0.15, 0.2) is 5.75 Å². The first-order valence-corrected chi connectivity index (χ1v) is 4.97. The summed E-state index contributed by atoms with van der Waals surface area (Å²) >= 11 is 0. The Kier molecular flexibility index (Phi) is 3.29. The SMILES string of the molecule is O=[N+]([O-])c1ccccc1OCCn1ccnn1. The first kappa shape index (κ1) is 11.1. The summed E-state index contributed by atoms with van der Waals surface area (Å²) in [4.78, 5) is 10.2. The fraction of sp³-hybridized carbons (Fsp3) is 0.200. The van der Waals surface area contributed by atoms with Crippen LogP contribution in [0.1, 0.15) is 0 Å². The molecule has 1 heterocycles. The van der Waals surface area contributed by atoms with Gasteiger partial charge in [-0.15, -0.1) is 5.10 Å². The molecule has 2 aromatic rings. The molecule has 0 atom stereocenters. The van der Waals surface area contributed by atoms with E-state index in [0.717, 1.165) is 0 Å². The Morgan fingerprint density at radius 3 is 2.94 bits per heavy atom. The van der Waals surface area contributed by atoms with Crippen molar-refractivity contribution in [3.05, 3.63) is 46.8 Å². The van der Waals surface area contributed by atoms with Gasteiger partial charge in [0.2, 0.25) is 0 Å². The highest BCUT2D eigenvalue weighted by Crippen LogP contribution is 2.25. The van der Waals surface area contributed by atoms with E-state index in [1.54, 1.807) is 35.3 Å². The maximum absolute atomic E-state index is 10.7. The summed E-state index contributed by atoms with van der Waals surface area (Å²) in [5.41, 5.74) is -0.0360. The number of nitro benzene ring substituents is 1. The minimum atomic E-state index is -0.467. The first-order chi connectivity index (χ1) is 8.27. The summed E-state index contributed by atoms with van der Waals surface area (Å²) in [6, 6.07) is 6.27. The third-order valence-corrected chi connectivity index (χ3v) is 2.11. The fourth-order valence-electron chi connectivity index (χ4n) is 1.33. The van der Waals surface area contributed by atoms with Crippen molar-refractivity contribution in [2.45, 2.75) is 6.54 Å². The van der Waals surface area contributed by atoms with Gasteiger partial charge in [-0.1, -0.05) is 17.3 Å². The molecular formula is C10H10N4O3. The lowest BCUT2D eigenvalue weighted by Crippen LogP contribution is -2.09. The summed E-state index contributed by atoms with van der Waals surface area (Å²) in [6.07, 6.45) is 3.26. The molecule has 0 unspecified atom stereocenters. The van der Waals surface area contributed by atoms with Crippen LogP contribution in [0.3, 0.4) is 0 Å². The predicted molar refractivity (Wildman–Crippen MR) is 58.6 cm³/mol. The van der Waals surface area contributed by atoms with E-state index in [0.29, 0.717) is 13.2 Å². The first-order valence-electron chi connectivity index (χ1n) is 4.97. The molecule has 0 saturated heterocycles. The molecule has 88 valence electrons. The molecule has 7 nitrogen and oxygen atoms in total. The predicted octanol–water partition coefficient (Wildman–Crippen LogP) is 1.27. The Bertz CT molecular complexity index is 498. The quantitative estimate of drug-likeness (QED) is 0.574. The van der Waals surface area contributed by atoms with E-state index in [1.807, 2.05) is 0 Å². The molecule has 1 aromatic carbocycles. The number of aromatic nitrogens is 3. The van der Waals surface area contributed by atoms with E-state index in [1.165, 1.54) is 6.07 Å². The highest BCUT2D eigenvalue weighted by Gasteiger charge is 2.13. The summed E-state index contributed by atoms with van der Waals surface area (Å²) in [6.45, 7) is 0.792. The molecule has 0 aliphatic heterocycles. The molecule has 0 spiro atoms. The zero-order valence-electron chi connectivity index (χ0n) is 8.89. The molecule has 2 rings (SSSR count). The lowest BCUT2D eigenvalue weighted by atomic mass is 10.3. The van der Waals surface area contributed by atoms with E-state index in [-0.39, 0.29) is 11.4 Å². The number of hydrogen-bond donors (Lipinski definition) is 0. The van der Waals surface area contributed by atoms with Gasteiger partial charge in [-0.3, -0.25) is 10.1 Å². The highest BCUT2D eigenvalue weighted by molar-refractivity contribution is 5.45. The summed E-state index contributed by atoms with van der Waals surface area (Å²) in [5.74, 6) is 0.262. The van der Waals surface area contributed by atoms with Crippen molar-refractivity contribution >= 4 is 5.69 Å². The van der Waals surface area contributed by atoms with Crippen molar-refractivity contribution in [1.29, 1.82) is 0 Å². The summed E-state index contributed by atoms with van der Waals surface area (Å²) in [7, 11) is 0. The maximum atomic E-state index is 10.7. The van der Waals surface area contributed by atoms with Gasteiger partial charge in [0.05, 0.1) is 17.7 Å². The van der Waals surface area contributed by atoms with Crippen LogP contribution in [0.15, 0.2) is 36.7 Å². The van der Waals surface area contributed by atoms with E-state index in [4.69, 9.17) is 4.74 Å². The number of ether oxygens (including phenoxy) is 1. The Morgan fingerprint density at radius 1 is 1.41 bits per heavy atom. The molecule has 0 saturated carbocycles. The lowest BCUT2D eigenvalue weighted by Gasteiger charge is -2.05. The molecule has 0 amide bonds. The number of rotatable bonds is 5. The van der Waals surface area contributed by atoms with Crippen molar-refractivity contribution < 1.29 is 9.66 Å². The minimum Gasteiger partial charge on any atom is -0.485 e. The van der Waals surface area contributed by atoms with Gasteiger partial charge in [0, 0.05) is 12.3 Å². The Balaban J connectivity index is 1.97. The normalized spacial score (nSPS) is 10.1. The molecule has 0 radical (unpaired) electrons. The number of nitro groups is 1. The highest BCUT2D eigenvalue weighted by atomic mass is 16.6. The van der Waals surface area contributed by atoms with E-state index in [9.17, 15) is 10.1 Å². The molecule has 17 heavy (non-hydrogen) atoms. The molecule has 1 aromatic heterocycles. The second kappa shape index (κ2) is 5.06. The Morgan fingerprint density at radius 2 is 2.24 bits per heavy atom. The minimum absolute atomic E-state index is 0.0360. The van der Waals surface area contributed by atoms with Crippen LogP contribution in [0.5, 0.6) is 5.75 Å². The molecule has 0 bridgehead atoms.